The third kappa shape index (κ3) is 2.24. The van der Waals surface area contributed by atoms with Gasteiger partial charge in [0.15, 0.2) is 0 Å². The fourth-order valence-corrected chi connectivity index (χ4v) is 2.01. The number of halogens is 3. The van der Waals surface area contributed by atoms with E-state index in [1.165, 1.54) is 6.20 Å². The number of nitrogens with zero attached hydrogens (tertiary/aromatic N) is 1. The van der Waals surface area contributed by atoms with Crippen molar-refractivity contribution in [2.75, 3.05) is 0 Å². The lowest BCUT2D eigenvalue weighted by Gasteiger charge is -2.07. The minimum atomic E-state index is 0.0219. The summed E-state index contributed by atoms with van der Waals surface area (Å²) in [6, 6.07) is 6.56. The van der Waals surface area contributed by atoms with Crippen molar-refractivity contribution in [2.45, 2.75) is 0 Å². The van der Waals surface area contributed by atoms with E-state index in [0.29, 0.717) is 26.3 Å². The topological polar surface area (TPSA) is 33.1 Å². The van der Waals surface area contributed by atoms with Gasteiger partial charge in [-0.05, 0) is 18.2 Å². The van der Waals surface area contributed by atoms with Crippen LogP contribution in [0.3, 0.4) is 0 Å². The maximum Gasteiger partial charge on any atom is 0.141 e. The predicted molar refractivity (Wildman–Crippen MR) is 66.4 cm³/mol. The molecule has 0 radical (unpaired) electrons. The number of hydrogen-bond acceptors (Lipinski definition) is 2. The van der Waals surface area contributed by atoms with Crippen LogP contribution in [-0.4, -0.2) is 10.1 Å². The first-order valence-electron chi connectivity index (χ1n) is 4.38. The second kappa shape index (κ2) is 4.50. The van der Waals surface area contributed by atoms with Crippen molar-refractivity contribution >= 4 is 34.8 Å². The maximum atomic E-state index is 9.67. The molecule has 0 spiro atoms. The van der Waals surface area contributed by atoms with Gasteiger partial charge in [0.05, 0.1) is 11.2 Å². The van der Waals surface area contributed by atoms with Crippen LogP contribution in [0.2, 0.25) is 15.2 Å². The first kappa shape index (κ1) is 11.5. The normalized spacial score (nSPS) is 10.4. The Hall–Kier alpha value is -0.960. The molecule has 0 aliphatic rings. The average molecular weight is 275 g/mol. The van der Waals surface area contributed by atoms with Crippen LogP contribution < -0.4 is 0 Å². The smallest absolute Gasteiger partial charge is 0.141 e. The number of benzene rings is 1. The summed E-state index contributed by atoms with van der Waals surface area (Å²) in [7, 11) is 0. The van der Waals surface area contributed by atoms with Crippen LogP contribution in [0.25, 0.3) is 11.1 Å². The van der Waals surface area contributed by atoms with Crippen molar-refractivity contribution in [3.63, 3.8) is 0 Å². The molecule has 0 aliphatic heterocycles. The number of pyridine rings is 1. The molecule has 2 nitrogen and oxygen atoms in total. The molecule has 2 rings (SSSR count). The Morgan fingerprint density at radius 2 is 1.75 bits per heavy atom. The average Bonchev–Trinajstić information content (AvgIpc) is 2.22. The van der Waals surface area contributed by atoms with E-state index in [0.717, 1.165) is 0 Å². The van der Waals surface area contributed by atoms with E-state index in [4.69, 9.17) is 34.8 Å². The van der Waals surface area contributed by atoms with Gasteiger partial charge >= 0.3 is 0 Å². The van der Waals surface area contributed by atoms with Crippen molar-refractivity contribution in [3.05, 3.63) is 45.7 Å². The van der Waals surface area contributed by atoms with Crippen LogP contribution >= 0.6 is 34.8 Å². The zero-order valence-electron chi connectivity index (χ0n) is 7.92. The van der Waals surface area contributed by atoms with Gasteiger partial charge < -0.3 is 5.11 Å². The molecular weight excluding hydrogens is 268 g/mol. The minimum Gasteiger partial charge on any atom is -0.506 e. The summed E-state index contributed by atoms with van der Waals surface area (Å²) in [6.07, 6.45) is 1.28. The number of hydrogen-bond donors (Lipinski definition) is 1. The van der Waals surface area contributed by atoms with Crippen molar-refractivity contribution in [1.29, 1.82) is 0 Å². The summed E-state index contributed by atoms with van der Waals surface area (Å²) < 4.78 is 0. The summed E-state index contributed by atoms with van der Waals surface area (Å²) in [6.45, 7) is 0. The van der Waals surface area contributed by atoms with Gasteiger partial charge in [-0.15, -0.1) is 0 Å². The summed E-state index contributed by atoms with van der Waals surface area (Å²) in [5.74, 6) is 0.0219. The second-order valence-corrected chi connectivity index (χ2v) is 4.38. The lowest BCUT2D eigenvalue weighted by molar-refractivity contribution is 0.475. The van der Waals surface area contributed by atoms with Gasteiger partial charge in [-0.1, -0.05) is 40.9 Å². The Balaban J connectivity index is 2.62. The largest absolute Gasteiger partial charge is 0.506 e. The van der Waals surface area contributed by atoms with E-state index in [9.17, 15) is 5.11 Å². The van der Waals surface area contributed by atoms with Gasteiger partial charge in [-0.25, -0.2) is 4.98 Å². The highest BCUT2D eigenvalue weighted by Gasteiger charge is 2.09. The van der Waals surface area contributed by atoms with Gasteiger partial charge in [0.2, 0.25) is 0 Å². The van der Waals surface area contributed by atoms with Gasteiger partial charge in [0.1, 0.15) is 10.9 Å². The van der Waals surface area contributed by atoms with Crippen molar-refractivity contribution in [2.24, 2.45) is 0 Å². The van der Waals surface area contributed by atoms with Gasteiger partial charge in [0, 0.05) is 16.1 Å². The molecule has 0 unspecified atom stereocenters. The summed E-state index contributed by atoms with van der Waals surface area (Å²) in [4.78, 5) is 3.76. The molecule has 0 aliphatic carbocycles. The van der Waals surface area contributed by atoms with Gasteiger partial charge in [0.25, 0.3) is 0 Å². The first-order valence-corrected chi connectivity index (χ1v) is 5.51. The Morgan fingerprint density at radius 3 is 2.44 bits per heavy atom. The predicted octanol–water partition coefficient (Wildman–Crippen LogP) is 4.41. The van der Waals surface area contributed by atoms with Gasteiger partial charge in [-0.2, -0.15) is 0 Å². The number of aromatic nitrogens is 1. The van der Waals surface area contributed by atoms with E-state index < -0.39 is 0 Å². The molecule has 0 saturated heterocycles. The minimum absolute atomic E-state index is 0.0219. The van der Waals surface area contributed by atoms with Gasteiger partial charge in [-0.3, -0.25) is 0 Å². The van der Waals surface area contributed by atoms with Crippen molar-refractivity contribution in [1.82, 2.24) is 4.98 Å². The number of aromatic hydroxyl groups is 1. The maximum absolute atomic E-state index is 9.67. The zero-order chi connectivity index (χ0) is 11.7. The van der Waals surface area contributed by atoms with E-state index in [2.05, 4.69) is 4.98 Å². The molecule has 0 atom stereocenters. The van der Waals surface area contributed by atoms with Crippen LogP contribution in [0.4, 0.5) is 0 Å². The summed E-state index contributed by atoms with van der Waals surface area (Å²) >= 11 is 17.6. The summed E-state index contributed by atoms with van der Waals surface area (Å²) in [5, 5.41) is 10.9. The molecule has 82 valence electrons. The van der Waals surface area contributed by atoms with Crippen LogP contribution in [0.15, 0.2) is 30.5 Å². The third-order valence-electron chi connectivity index (χ3n) is 2.07. The highest BCUT2D eigenvalue weighted by molar-refractivity contribution is 6.36. The summed E-state index contributed by atoms with van der Waals surface area (Å²) in [5.41, 5.74) is 1.19. The van der Waals surface area contributed by atoms with Crippen LogP contribution in [0, 0.1) is 0 Å². The molecule has 16 heavy (non-hydrogen) atoms. The second-order valence-electron chi connectivity index (χ2n) is 3.15. The Morgan fingerprint density at radius 1 is 1.00 bits per heavy atom. The Kier molecular flexibility index (Phi) is 3.24. The lowest BCUT2D eigenvalue weighted by Crippen LogP contribution is -1.83. The molecule has 5 heteroatoms. The molecule has 0 fully saturated rings. The van der Waals surface area contributed by atoms with Crippen molar-refractivity contribution in [3.8, 4) is 16.9 Å². The Bertz CT molecular complexity index is 543. The van der Waals surface area contributed by atoms with Crippen LogP contribution in [-0.2, 0) is 0 Å². The van der Waals surface area contributed by atoms with E-state index in [1.54, 1.807) is 24.3 Å². The first-order chi connectivity index (χ1) is 7.58. The SMILES string of the molecule is Oc1cnc(Cl)cc1-c1ccc(Cl)cc1Cl. The third-order valence-corrected chi connectivity index (χ3v) is 2.83. The fraction of sp³-hybridized carbons (Fsp3) is 0. The molecule has 1 aromatic heterocycles. The van der Waals surface area contributed by atoms with Crippen molar-refractivity contribution < 1.29 is 5.11 Å². The van der Waals surface area contributed by atoms with Crippen LogP contribution in [0.5, 0.6) is 5.75 Å². The highest BCUT2D eigenvalue weighted by Crippen LogP contribution is 2.36. The molecule has 0 bridgehead atoms. The monoisotopic (exact) mass is 273 g/mol. The fourth-order valence-electron chi connectivity index (χ4n) is 1.35. The molecule has 0 amide bonds. The molecule has 1 heterocycles. The molecule has 1 aromatic carbocycles. The van der Waals surface area contributed by atoms with Crippen LogP contribution in [0.1, 0.15) is 0 Å². The van der Waals surface area contributed by atoms with E-state index in [-0.39, 0.29) is 5.75 Å². The zero-order valence-corrected chi connectivity index (χ0v) is 10.2. The standard InChI is InChI=1S/C11H6Cl3NO/c12-6-1-2-7(9(13)3-6)8-4-11(14)15-5-10(8)16/h1-5,16H. The highest BCUT2D eigenvalue weighted by atomic mass is 35.5. The Labute approximate surface area is 107 Å². The van der Waals surface area contributed by atoms with E-state index >= 15 is 0 Å². The molecule has 0 saturated carbocycles. The van der Waals surface area contributed by atoms with E-state index in [1.807, 2.05) is 0 Å². The lowest BCUT2D eigenvalue weighted by atomic mass is 10.1. The quantitative estimate of drug-likeness (QED) is 0.781. The molecular formula is C11H6Cl3NO. The number of rotatable bonds is 1. The molecule has 1 N–H and O–H groups in total. The molecule has 2 aromatic rings.